The van der Waals surface area contributed by atoms with Crippen LogP contribution in [0.4, 0.5) is 25.1 Å². The minimum Gasteiger partial charge on any atom is -0.381 e. The van der Waals surface area contributed by atoms with Gasteiger partial charge in [0.2, 0.25) is 0 Å². The Kier molecular flexibility index (Phi) is 6.78. The number of anilines is 2. The molecule has 2 amide bonds. The Morgan fingerprint density at radius 3 is 2.72 bits per heavy atom. The van der Waals surface area contributed by atoms with Crippen LogP contribution in [-0.4, -0.2) is 63.8 Å². The third-order valence-electron chi connectivity index (χ3n) is 8.21. The van der Waals surface area contributed by atoms with Crippen molar-refractivity contribution in [2.75, 3.05) is 38.3 Å². The van der Waals surface area contributed by atoms with Gasteiger partial charge in [0.25, 0.3) is 6.43 Å². The number of amides is 2. The number of halogens is 2. The van der Waals surface area contributed by atoms with Crippen molar-refractivity contribution in [3.63, 3.8) is 0 Å². The van der Waals surface area contributed by atoms with Gasteiger partial charge in [-0.15, -0.1) is 0 Å². The van der Waals surface area contributed by atoms with Gasteiger partial charge in [-0.2, -0.15) is 10.2 Å². The van der Waals surface area contributed by atoms with Gasteiger partial charge >= 0.3 is 6.03 Å². The van der Waals surface area contributed by atoms with E-state index in [0.717, 1.165) is 47.6 Å². The fraction of sp³-hybridized carbons (Fsp3) is 0.536. The highest BCUT2D eigenvalue weighted by atomic mass is 19.3. The molecule has 9 nitrogen and oxygen atoms in total. The Morgan fingerprint density at radius 1 is 1.23 bits per heavy atom. The lowest BCUT2D eigenvalue weighted by Gasteiger charge is -2.36. The summed E-state index contributed by atoms with van der Waals surface area (Å²) in [5.74, 6) is 1.06. The summed E-state index contributed by atoms with van der Waals surface area (Å²) in [6.07, 6.45) is 4.02. The number of rotatable bonds is 4. The summed E-state index contributed by atoms with van der Waals surface area (Å²) in [6, 6.07) is 3.65. The second kappa shape index (κ2) is 10.3. The maximum absolute atomic E-state index is 14.5. The lowest BCUT2D eigenvalue weighted by molar-refractivity contribution is 0.0651. The van der Waals surface area contributed by atoms with E-state index in [1.807, 2.05) is 6.07 Å². The van der Waals surface area contributed by atoms with E-state index in [9.17, 15) is 13.6 Å². The molecule has 1 atom stereocenters. The van der Waals surface area contributed by atoms with Crippen LogP contribution in [0, 0.1) is 5.92 Å². The Hall–Kier alpha value is -3.47. The zero-order valence-electron chi connectivity index (χ0n) is 22.7. The average Bonchev–Trinajstić information content (AvgIpc) is 3.55. The highest BCUT2D eigenvalue weighted by Crippen LogP contribution is 2.44. The van der Waals surface area contributed by atoms with Gasteiger partial charge in [-0.05, 0) is 48.4 Å². The number of nitrogens with zero attached hydrogens (tertiary/aromatic N) is 6. The predicted molar refractivity (Wildman–Crippen MR) is 143 cm³/mol. The Labute approximate surface area is 226 Å². The summed E-state index contributed by atoms with van der Waals surface area (Å²) in [7, 11) is 3.42. The summed E-state index contributed by atoms with van der Waals surface area (Å²) in [4.78, 5) is 16.5. The number of carbonyl (C=O) groups is 1. The molecular weight excluding hydrogens is 504 g/mol. The SMILES string of the molecule is CNC(=O)N1CCc2c(c(N3C[C@H](C)Cc4cc(-c5cnn(C)c5)c(C(F)F)cc43)nn2C2CCOCC2)C1. The maximum Gasteiger partial charge on any atom is 0.317 e. The number of benzene rings is 1. The average molecular weight is 540 g/mol. The van der Waals surface area contributed by atoms with Crippen molar-refractivity contribution in [3.05, 3.63) is 46.9 Å². The third-order valence-corrected chi connectivity index (χ3v) is 8.21. The number of fused-ring (bicyclic) bond motifs is 2. The first-order valence-corrected chi connectivity index (χ1v) is 13.7. The van der Waals surface area contributed by atoms with Gasteiger partial charge in [-0.1, -0.05) is 6.92 Å². The first-order valence-electron chi connectivity index (χ1n) is 13.7. The molecule has 0 radical (unpaired) electrons. The van der Waals surface area contributed by atoms with Crippen LogP contribution in [0.3, 0.4) is 0 Å². The number of alkyl halides is 2. The Bertz CT molecular complexity index is 1380. The predicted octanol–water partition coefficient (Wildman–Crippen LogP) is 4.60. The maximum atomic E-state index is 14.5. The molecule has 39 heavy (non-hydrogen) atoms. The first-order chi connectivity index (χ1) is 18.8. The first kappa shape index (κ1) is 25.8. The molecular formula is C28H35F2N7O2. The molecule has 208 valence electrons. The number of hydrogen-bond donors (Lipinski definition) is 1. The molecule has 1 N–H and O–H groups in total. The van der Waals surface area contributed by atoms with Crippen molar-refractivity contribution < 1.29 is 18.3 Å². The summed E-state index contributed by atoms with van der Waals surface area (Å²) in [5.41, 5.74) is 5.13. The van der Waals surface area contributed by atoms with E-state index in [1.165, 1.54) is 0 Å². The molecule has 2 aromatic heterocycles. The van der Waals surface area contributed by atoms with Crippen LogP contribution < -0.4 is 10.2 Å². The molecule has 1 saturated heterocycles. The smallest absolute Gasteiger partial charge is 0.317 e. The minimum absolute atomic E-state index is 0.00831. The molecule has 3 aromatic rings. The lowest BCUT2D eigenvalue weighted by atomic mass is 9.89. The summed E-state index contributed by atoms with van der Waals surface area (Å²) in [5, 5.41) is 12.1. The van der Waals surface area contributed by atoms with E-state index in [0.29, 0.717) is 56.3 Å². The molecule has 5 heterocycles. The van der Waals surface area contributed by atoms with Gasteiger partial charge < -0.3 is 19.9 Å². The lowest BCUT2D eigenvalue weighted by Crippen LogP contribution is -2.42. The standard InChI is InChI=1S/C28H35F2N7O2/c1-17-10-18-11-21(19-13-32-34(3)15-19)22(26(29)30)12-25(18)36(14-17)27-23-16-35(28(38)31-2)7-4-24(23)37(33-27)20-5-8-39-9-6-20/h11-13,15,17,20,26H,4-10,14,16H2,1-3H3,(H,31,38)/t17-/m1/s1. The van der Waals surface area contributed by atoms with E-state index in [-0.39, 0.29) is 17.6 Å². The molecule has 0 bridgehead atoms. The number of hydrogen-bond acceptors (Lipinski definition) is 5. The summed E-state index contributed by atoms with van der Waals surface area (Å²) in [6.45, 7) is 5.27. The second-order valence-corrected chi connectivity index (χ2v) is 11.0. The van der Waals surface area contributed by atoms with Crippen molar-refractivity contribution in [2.45, 2.75) is 51.6 Å². The van der Waals surface area contributed by atoms with Gasteiger partial charge in [0.1, 0.15) is 0 Å². The van der Waals surface area contributed by atoms with Gasteiger partial charge in [-0.3, -0.25) is 9.36 Å². The number of ether oxygens (including phenoxy) is 1. The number of urea groups is 1. The highest BCUT2D eigenvalue weighted by Gasteiger charge is 2.35. The van der Waals surface area contributed by atoms with Gasteiger partial charge in [0.05, 0.1) is 18.8 Å². The van der Waals surface area contributed by atoms with Crippen molar-refractivity contribution in [2.24, 2.45) is 13.0 Å². The third kappa shape index (κ3) is 4.66. The largest absolute Gasteiger partial charge is 0.381 e. The monoisotopic (exact) mass is 539 g/mol. The van der Waals surface area contributed by atoms with E-state index < -0.39 is 6.43 Å². The summed E-state index contributed by atoms with van der Waals surface area (Å²) < 4.78 is 38.3. The van der Waals surface area contributed by atoms with Crippen LogP contribution in [0.1, 0.15) is 54.6 Å². The molecule has 1 fully saturated rings. The molecule has 0 unspecified atom stereocenters. The van der Waals surface area contributed by atoms with Gasteiger partial charge in [0, 0.05) is 81.1 Å². The topological polar surface area (TPSA) is 80.5 Å². The van der Waals surface area contributed by atoms with Crippen molar-refractivity contribution in [1.29, 1.82) is 0 Å². The van der Waals surface area contributed by atoms with Crippen LogP contribution in [0.5, 0.6) is 0 Å². The number of nitrogens with one attached hydrogen (secondary N) is 1. The van der Waals surface area contributed by atoms with Crippen LogP contribution in [-0.2, 0) is 31.2 Å². The molecule has 3 aliphatic rings. The molecule has 6 rings (SSSR count). The van der Waals surface area contributed by atoms with Crippen LogP contribution in [0.2, 0.25) is 0 Å². The Balaban J connectivity index is 1.49. The van der Waals surface area contributed by atoms with Crippen LogP contribution >= 0.6 is 0 Å². The zero-order chi connectivity index (χ0) is 27.3. The van der Waals surface area contributed by atoms with E-state index in [2.05, 4.69) is 26.9 Å². The summed E-state index contributed by atoms with van der Waals surface area (Å²) >= 11 is 0. The van der Waals surface area contributed by atoms with Crippen LogP contribution in [0.15, 0.2) is 24.5 Å². The van der Waals surface area contributed by atoms with E-state index in [1.54, 1.807) is 42.1 Å². The van der Waals surface area contributed by atoms with Crippen LogP contribution in [0.25, 0.3) is 11.1 Å². The molecule has 1 aromatic carbocycles. The molecule has 0 spiro atoms. The van der Waals surface area contributed by atoms with Crippen molar-refractivity contribution in [1.82, 2.24) is 29.8 Å². The number of aryl methyl sites for hydroxylation is 1. The zero-order valence-corrected chi connectivity index (χ0v) is 22.7. The van der Waals surface area contributed by atoms with E-state index in [4.69, 9.17) is 9.84 Å². The van der Waals surface area contributed by atoms with Gasteiger partial charge in [-0.25, -0.2) is 13.6 Å². The van der Waals surface area contributed by atoms with Crippen molar-refractivity contribution in [3.8, 4) is 11.1 Å². The minimum atomic E-state index is -2.64. The fourth-order valence-corrected chi connectivity index (χ4v) is 6.31. The molecule has 3 aliphatic heterocycles. The molecule has 0 aliphatic carbocycles. The highest BCUT2D eigenvalue weighted by molar-refractivity contribution is 5.78. The number of aromatic nitrogens is 4. The van der Waals surface area contributed by atoms with Crippen molar-refractivity contribution >= 4 is 17.5 Å². The quantitative estimate of drug-likeness (QED) is 0.524. The fourth-order valence-electron chi connectivity index (χ4n) is 6.31. The molecule has 11 heteroatoms. The normalized spacial score (nSPS) is 19.8. The number of carbonyl (C=O) groups excluding carboxylic acids is 1. The van der Waals surface area contributed by atoms with Gasteiger partial charge in [0.15, 0.2) is 5.82 Å². The van der Waals surface area contributed by atoms with E-state index >= 15 is 0 Å². The molecule has 0 saturated carbocycles. The Morgan fingerprint density at radius 2 is 2.03 bits per heavy atom. The second-order valence-electron chi connectivity index (χ2n) is 11.0.